The Kier molecular flexibility index (Phi) is 3.78. The number of aliphatic carboxylic acids is 1. The van der Waals surface area contributed by atoms with Crippen molar-refractivity contribution in [3.8, 4) is 0 Å². The van der Waals surface area contributed by atoms with Crippen LogP contribution in [0.5, 0.6) is 0 Å². The van der Waals surface area contributed by atoms with Crippen molar-refractivity contribution in [1.82, 2.24) is 0 Å². The van der Waals surface area contributed by atoms with Crippen molar-refractivity contribution in [2.75, 3.05) is 0 Å². The van der Waals surface area contributed by atoms with E-state index in [1.54, 1.807) is 6.07 Å². The molecule has 0 amide bonds. The normalized spacial score (nSPS) is 10.5. The first-order chi connectivity index (χ1) is 7.00. The highest BCUT2D eigenvalue weighted by Crippen LogP contribution is 2.22. The molecule has 15 heavy (non-hydrogen) atoms. The van der Waals surface area contributed by atoms with Gasteiger partial charge in [0.25, 0.3) is 5.69 Å². The predicted octanol–water partition coefficient (Wildman–Crippen LogP) is 2.30. The predicted molar refractivity (Wildman–Crippen MR) is 62.5 cm³/mol. The Bertz CT molecular complexity index is 442. The van der Waals surface area contributed by atoms with E-state index in [-0.39, 0.29) is 11.3 Å². The van der Waals surface area contributed by atoms with E-state index in [1.165, 1.54) is 18.2 Å². The number of hydrogen-bond donors (Lipinski definition) is 1. The number of hydrogen-bond acceptors (Lipinski definition) is 3. The molecule has 0 fully saturated rings. The molecule has 1 aromatic rings. The summed E-state index contributed by atoms with van der Waals surface area (Å²) in [6.45, 7) is 0. The van der Waals surface area contributed by atoms with Crippen molar-refractivity contribution >= 4 is 40.3 Å². The quantitative estimate of drug-likeness (QED) is 0.401. The number of carbonyl (C=O) groups is 1. The number of benzene rings is 1. The summed E-state index contributed by atoms with van der Waals surface area (Å²) in [6.07, 6.45) is 2.08. The van der Waals surface area contributed by atoms with Crippen LogP contribution in [0.1, 0.15) is 5.56 Å². The van der Waals surface area contributed by atoms with E-state index in [0.717, 1.165) is 9.65 Å². The summed E-state index contributed by atoms with van der Waals surface area (Å²) in [4.78, 5) is 20.4. The van der Waals surface area contributed by atoms with Gasteiger partial charge in [0.05, 0.1) is 10.5 Å². The van der Waals surface area contributed by atoms with E-state index in [1.807, 2.05) is 22.6 Å². The van der Waals surface area contributed by atoms with Crippen LogP contribution in [0.15, 0.2) is 24.3 Å². The molecule has 1 aromatic carbocycles. The van der Waals surface area contributed by atoms with Crippen LogP contribution in [0.2, 0.25) is 0 Å². The number of rotatable bonds is 3. The monoisotopic (exact) mass is 319 g/mol. The maximum atomic E-state index is 10.6. The van der Waals surface area contributed by atoms with Gasteiger partial charge in [-0.15, -0.1) is 0 Å². The number of carboxylic acid groups (broad SMARTS) is 1. The van der Waals surface area contributed by atoms with Crippen LogP contribution < -0.4 is 0 Å². The van der Waals surface area contributed by atoms with E-state index < -0.39 is 10.9 Å². The van der Waals surface area contributed by atoms with E-state index >= 15 is 0 Å². The third-order valence-electron chi connectivity index (χ3n) is 1.59. The topological polar surface area (TPSA) is 80.4 Å². The van der Waals surface area contributed by atoms with Crippen molar-refractivity contribution in [1.29, 1.82) is 0 Å². The van der Waals surface area contributed by atoms with Gasteiger partial charge in [-0.25, -0.2) is 4.79 Å². The van der Waals surface area contributed by atoms with Crippen molar-refractivity contribution in [2.45, 2.75) is 0 Å². The highest BCUT2D eigenvalue weighted by molar-refractivity contribution is 14.1. The zero-order valence-electron chi connectivity index (χ0n) is 7.38. The van der Waals surface area contributed by atoms with Crippen LogP contribution in [0.25, 0.3) is 6.08 Å². The Morgan fingerprint density at radius 3 is 2.73 bits per heavy atom. The number of nitro groups is 1. The molecule has 0 aliphatic carbocycles. The van der Waals surface area contributed by atoms with Crippen molar-refractivity contribution in [3.63, 3.8) is 0 Å². The van der Waals surface area contributed by atoms with Gasteiger partial charge in [0.2, 0.25) is 0 Å². The molecular formula is C9H6INO4. The molecule has 0 radical (unpaired) electrons. The van der Waals surface area contributed by atoms with Crippen molar-refractivity contribution in [2.24, 2.45) is 0 Å². The van der Waals surface area contributed by atoms with Gasteiger partial charge >= 0.3 is 5.97 Å². The average Bonchev–Trinajstić information content (AvgIpc) is 2.15. The molecule has 0 aliphatic heterocycles. The molecular weight excluding hydrogens is 313 g/mol. The lowest BCUT2D eigenvalue weighted by atomic mass is 10.1. The molecule has 1 N–H and O–H groups in total. The summed E-state index contributed by atoms with van der Waals surface area (Å²) >= 11 is 1.95. The maximum Gasteiger partial charge on any atom is 0.328 e. The summed E-state index contributed by atoms with van der Waals surface area (Å²) < 4.78 is 0.728. The highest BCUT2D eigenvalue weighted by Gasteiger charge is 2.11. The minimum atomic E-state index is -1.14. The van der Waals surface area contributed by atoms with E-state index in [4.69, 9.17) is 5.11 Å². The fraction of sp³-hybridized carbons (Fsp3) is 0. The minimum Gasteiger partial charge on any atom is -0.478 e. The van der Waals surface area contributed by atoms with Crippen LogP contribution in [-0.2, 0) is 4.79 Å². The molecule has 0 saturated heterocycles. The first kappa shape index (κ1) is 11.6. The molecule has 0 aliphatic rings. The van der Waals surface area contributed by atoms with Gasteiger partial charge in [-0.1, -0.05) is 0 Å². The summed E-state index contributed by atoms with van der Waals surface area (Å²) in [5.74, 6) is -1.14. The van der Waals surface area contributed by atoms with E-state index in [9.17, 15) is 14.9 Å². The van der Waals surface area contributed by atoms with Crippen LogP contribution >= 0.6 is 22.6 Å². The maximum absolute atomic E-state index is 10.6. The third-order valence-corrected chi connectivity index (χ3v) is 2.27. The van der Waals surface area contributed by atoms with Crippen molar-refractivity contribution < 1.29 is 14.8 Å². The number of carboxylic acids is 1. The smallest absolute Gasteiger partial charge is 0.328 e. The first-order valence-corrected chi connectivity index (χ1v) is 4.93. The Morgan fingerprint density at radius 2 is 2.20 bits per heavy atom. The molecule has 0 aromatic heterocycles. The Morgan fingerprint density at radius 1 is 1.53 bits per heavy atom. The fourth-order valence-corrected chi connectivity index (χ4v) is 1.45. The van der Waals surface area contributed by atoms with Crippen molar-refractivity contribution in [3.05, 3.63) is 43.5 Å². The molecule has 0 spiro atoms. The second-order valence-corrected chi connectivity index (χ2v) is 3.88. The standard InChI is InChI=1S/C9H6INO4/c10-7-3-1-6(2-4-9(12)13)8(5-7)11(14)15/h1-5H,(H,12,13)/b4-2+. The third kappa shape index (κ3) is 3.31. The van der Waals surface area contributed by atoms with Crippen LogP contribution in [0.4, 0.5) is 5.69 Å². The van der Waals surface area contributed by atoms with Gasteiger partial charge in [0.15, 0.2) is 0 Å². The lowest BCUT2D eigenvalue weighted by molar-refractivity contribution is -0.385. The number of nitrogens with zero attached hydrogens (tertiary/aromatic N) is 1. The van der Waals surface area contributed by atoms with Crippen LogP contribution in [0, 0.1) is 13.7 Å². The second-order valence-electron chi connectivity index (χ2n) is 2.63. The molecule has 0 unspecified atom stereocenters. The van der Waals surface area contributed by atoms with Gasteiger partial charge < -0.3 is 5.11 Å². The Balaban J connectivity index is 3.17. The summed E-state index contributed by atoms with van der Waals surface area (Å²) in [6, 6.07) is 4.58. The lowest BCUT2D eigenvalue weighted by Gasteiger charge is -1.97. The van der Waals surface area contributed by atoms with Gasteiger partial charge in [-0.3, -0.25) is 10.1 Å². The van der Waals surface area contributed by atoms with Gasteiger partial charge in [0, 0.05) is 15.7 Å². The minimum absolute atomic E-state index is 0.0978. The largest absolute Gasteiger partial charge is 0.478 e. The Labute approximate surface area is 98.7 Å². The molecule has 1 rings (SSSR count). The summed E-state index contributed by atoms with van der Waals surface area (Å²) in [7, 11) is 0. The zero-order chi connectivity index (χ0) is 11.4. The molecule has 0 heterocycles. The molecule has 0 bridgehead atoms. The lowest BCUT2D eigenvalue weighted by Crippen LogP contribution is -1.93. The van der Waals surface area contributed by atoms with Crippen LogP contribution in [-0.4, -0.2) is 16.0 Å². The molecule has 0 atom stereocenters. The molecule has 5 nitrogen and oxygen atoms in total. The highest BCUT2D eigenvalue weighted by atomic mass is 127. The van der Waals surface area contributed by atoms with Gasteiger partial charge in [-0.2, -0.15) is 0 Å². The summed E-state index contributed by atoms with van der Waals surface area (Å²) in [5.41, 5.74) is 0.183. The second kappa shape index (κ2) is 4.87. The SMILES string of the molecule is O=C(O)/C=C/c1ccc(I)cc1[N+](=O)[O-]. The molecule has 0 saturated carbocycles. The number of nitro benzene ring substituents is 1. The number of halogens is 1. The first-order valence-electron chi connectivity index (χ1n) is 3.85. The van der Waals surface area contributed by atoms with E-state index in [2.05, 4.69) is 0 Å². The molecule has 6 heteroatoms. The Hall–Kier alpha value is -1.44. The van der Waals surface area contributed by atoms with Gasteiger partial charge in [-0.05, 0) is 40.8 Å². The summed E-state index contributed by atoms with van der Waals surface area (Å²) in [5, 5.41) is 19.0. The van der Waals surface area contributed by atoms with E-state index in [0.29, 0.717) is 0 Å². The van der Waals surface area contributed by atoms with Crippen LogP contribution in [0.3, 0.4) is 0 Å². The molecule has 78 valence electrons. The zero-order valence-corrected chi connectivity index (χ0v) is 9.54. The van der Waals surface area contributed by atoms with Gasteiger partial charge in [0.1, 0.15) is 0 Å². The fourth-order valence-electron chi connectivity index (χ4n) is 0.977. The average molecular weight is 319 g/mol.